The van der Waals surface area contributed by atoms with Gasteiger partial charge in [-0.15, -0.1) is 0 Å². The maximum atomic E-state index is 13.0. The summed E-state index contributed by atoms with van der Waals surface area (Å²) >= 11 is 0. The minimum absolute atomic E-state index is 0.00570. The molecular weight excluding hydrogens is 410 g/mol. The summed E-state index contributed by atoms with van der Waals surface area (Å²) in [6, 6.07) is 19.2. The number of nitrogens with one attached hydrogen (secondary N) is 2. The first-order valence-electron chi connectivity index (χ1n) is 10.8. The lowest BCUT2D eigenvalue weighted by Gasteiger charge is -2.20. The van der Waals surface area contributed by atoms with Gasteiger partial charge in [0.25, 0.3) is 5.91 Å². The predicted octanol–water partition coefficient (Wildman–Crippen LogP) is 6.14. The van der Waals surface area contributed by atoms with Gasteiger partial charge in [-0.3, -0.25) is 4.79 Å². The molecule has 0 saturated carbocycles. The number of rotatable bonds is 5. The van der Waals surface area contributed by atoms with Gasteiger partial charge in [-0.25, -0.2) is 15.0 Å². The van der Waals surface area contributed by atoms with E-state index in [2.05, 4.69) is 52.4 Å². The van der Waals surface area contributed by atoms with Crippen LogP contribution in [0, 0.1) is 6.92 Å². The Kier molecular flexibility index (Phi) is 6.18. The number of hydrogen-bond donors (Lipinski definition) is 2. The van der Waals surface area contributed by atoms with E-state index in [1.807, 2.05) is 61.5 Å². The summed E-state index contributed by atoms with van der Waals surface area (Å²) in [4.78, 5) is 25.8. The molecule has 166 valence electrons. The number of carbonyl (C=O) groups is 1. The van der Waals surface area contributed by atoms with Crippen molar-refractivity contribution in [3.8, 4) is 11.3 Å². The largest absolute Gasteiger partial charge is 0.339 e. The number of aryl methyl sites for hydroxylation is 1. The maximum absolute atomic E-state index is 13.0. The summed E-state index contributed by atoms with van der Waals surface area (Å²) in [5.41, 5.74) is 5.94. The molecule has 6 heteroatoms. The highest BCUT2D eigenvalue weighted by molar-refractivity contribution is 6.05. The zero-order chi connectivity index (χ0) is 23.4. The lowest BCUT2D eigenvalue weighted by Crippen LogP contribution is -2.15. The van der Waals surface area contributed by atoms with Crippen LogP contribution >= 0.6 is 0 Å². The molecule has 0 bridgehead atoms. The molecule has 2 heterocycles. The summed E-state index contributed by atoms with van der Waals surface area (Å²) in [7, 11) is 0. The van der Waals surface area contributed by atoms with Gasteiger partial charge in [0.05, 0.1) is 5.69 Å². The van der Waals surface area contributed by atoms with Crippen molar-refractivity contribution >= 4 is 23.1 Å². The van der Waals surface area contributed by atoms with Crippen molar-refractivity contribution in [1.82, 2.24) is 15.0 Å². The van der Waals surface area contributed by atoms with Crippen LogP contribution in [0.2, 0.25) is 0 Å². The summed E-state index contributed by atoms with van der Waals surface area (Å²) in [6.07, 6.45) is 4.93. The first-order valence-corrected chi connectivity index (χ1v) is 10.8. The average molecular weight is 438 g/mol. The molecule has 2 N–H and O–H groups in total. The van der Waals surface area contributed by atoms with E-state index in [4.69, 9.17) is 0 Å². The van der Waals surface area contributed by atoms with Crippen LogP contribution in [0.5, 0.6) is 0 Å². The standard InChI is InChI=1S/C27H27N5O/c1-18-10-11-19(26(33)31-21-8-5-7-20(16-21)27(2,3)4)15-24(18)32-25-22(9-6-13-29-25)23-12-14-28-17-30-23/h5-17H,1-4H3,(H,29,32)(H,31,33). The number of hydrogen-bond acceptors (Lipinski definition) is 5. The highest BCUT2D eigenvalue weighted by Gasteiger charge is 2.15. The van der Waals surface area contributed by atoms with Crippen molar-refractivity contribution < 1.29 is 4.79 Å². The molecule has 4 rings (SSSR count). The molecule has 0 aliphatic rings. The summed E-state index contributed by atoms with van der Waals surface area (Å²) < 4.78 is 0. The highest BCUT2D eigenvalue weighted by atomic mass is 16.1. The number of nitrogens with zero attached hydrogens (tertiary/aromatic N) is 3. The van der Waals surface area contributed by atoms with Crippen LogP contribution in [-0.4, -0.2) is 20.9 Å². The van der Waals surface area contributed by atoms with Gasteiger partial charge in [0.15, 0.2) is 0 Å². The lowest BCUT2D eigenvalue weighted by molar-refractivity contribution is 0.102. The first-order chi connectivity index (χ1) is 15.8. The van der Waals surface area contributed by atoms with Gasteiger partial charge in [0.2, 0.25) is 0 Å². The fraction of sp³-hybridized carbons (Fsp3) is 0.185. The molecule has 0 atom stereocenters. The van der Waals surface area contributed by atoms with Crippen LogP contribution in [0.1, 0.15) is 42.3 Å². The normalized spacial score (nSPS) is 11.2. The van der Waals surface area contributed by atoms with Gasteiger partial charge in [-0.1, -0.05) is 39.0 Å². The van der Waals surface area contributed by atoms with Crippen LogP contribution in [0.15, 0.2) is 79.4 Å². The summed E-state index contributed by atoms with van der Waals surface area (Å²) in [6.45, 7) is 8.45. The van der Waals surface area contributed by atoms with E-state index in [1.54, 1.807) is 12.4 Å². The Morgan fingerprint density at radius 2 is 1.76 bits per heavy atom. The molecule has 4 aromatic rings. The SMILES string of the molecule is Cc1ccc(C(=O)Nc2cccc(C(C)(C)C)c2)cc1Nc1ncccc1-c1ccncn1. The zero-order valence-corrected chi connectivity index (χ0v) is 19.3. The molecule has 0 spiro atoms. The quantitative estimate of drug-likeness (QED) is 0.392. The number of carbonyl (C=O) groups excluding carboxylic acids is 1. The van der Waals surface area contributed by atoms with Crippen LogP contribution < -0.4 is 10.6 Å². The molecule has 0 unspecified atom stereocenters. The van der Waals surface area contributed by atoms with Crippen molar-refractivity contribution in [2.45, 2.75) is 33.1 Å². The van der Waals surface area contributed by atoms with Crippen molar-refractivity contribution in [3.63, 3.8) is 0 Å². The van der Waals surface area contributed by atoms with Crippen molar-refractivity contribution in [2.75, 3.05) is 10.6 Å². The zero-order valence-electron chi connectivity index (χ0n) is 19.3. The molecule has 0 aliphatic heterocycles. The second-order valence-electron chi connectivity index (χ2n) is 8.93. The molecular formula is C27H27N5O. The Bertz CT molecular complexity index is 1280. The Labute approximate surface area is 194 Å². The third kappa shape index (κ3) is 5.23. The Morgan fingerprint density at radius 1 is 0.909 bits per heavy atom. The smallest absolute Gasteiger partial charge is 0.255 e. The number of anilines is 3. The van der Waals surface area contributed by atoms with E-state index < -0.39 is 0 Å². The number of benzene rings is 2. The van der Waals surface area contributed by atoms with E-state index in [0.717, 1.165) is 28.2 Å². The maximum Gasteiger partial charge on any atom is 0.255 e. The van der Waals surface area contributed by atoms with Gasteiger partial charge < -0.3 is 10.6 Å². The molecule has 1 amide bonds. The molecule has 2 aromatic carbocycles. The molecule has 0 radical (unpaired) electrons. The van der Waals surface area contributed by atoms with E-state index in [1.165, 1.54) is 11.9 Å². The van der Waals surface area contributed by atoms with Crippen molar-refractivity contribution in [3.05, 3.63) is 96.1 Å². The molecule has 2 aromatic heterocycles. The fourth-order valence-corrected chi connectivity index (χ4v) is 3.45. The first kappa shape index (κ1) is 22.1. The number of pyridine rings is 1. The second kappa shape index (κ2) is 9.20. The van der Waals surface area contributed by atoms with E-state index >= 15 is 0 Å². The van der Waals surface area contributed by atoms with Crippen molar-refractivity contribution in [1.29, 1.82) is 0 Å². The number of amides is 1. The Hall–Kier alpha value is -4.06. The van der Waals surface area contributed by atoms with Crippen LogP contribution in [0.3, 0.4) is 0 Å². The predicted molar refractivity (Wildman–Crippen MR) is 133 cm³/mol. The Morgan fingerprint density at radius 3 is 2.52 bits per heavy atom. The molecule has 0 aliphatic carbocycles. The van der Waals surface area contributed by atoms with Crippen LogP contribution in [0.4, 0.5) is 17.2 Å². The fourth-order valence-electron chi connectivity index (χ4n) is 3.45. The molecule has 33 heavy (non-hydrogen) atoms. The van der Waals surface area contributed by atoms with Gasteiger partial charge in [0.1, 0.15) is 12.1 Å². The summed E-state index contributed by atoms with van der Waals surface area (Å²) in [5, 5.41) is 6.40. The third-order valence-electron chi connectivity index (χ3n) is 5.40. The van der Waals surface area contributed by atoms with Gasteiger partial charge in [-0.05, 0) is 65.9 Å². The molecule has 0 fully saturated rings. The molecule has 0 saturated heterocycles. The topological polar surface area (TPSA) is 79.8 Å². The van der Waals surface area contributed by atoms with Gasteiger partial charge in [0, 0.05) is 34.9 Å². The van der Waals surface area contributed by atoms with E-state index in [-0.39, 0.29) is 11.3 Å². The minimum Gasteiger partial charge on any atom is -0.339 e. The van der Waals surface area contributed by atoms with Gasteiger partial charge in [-0.2, -0.15) is 0 Å². The summed E-state index contributed by atoms with van der Waals surface area (Å²) in [5.74, 6) is 0.496. The van der Waals surface area contributed by atoms with Crippen LogP contribution in [0.25, 0.3) is 11.3 Å². The van der Waals surface area contributed by atoms with Gasteiger partial charge >= 0.3 is 0 Å². The minimum atomic E-state index is -0.166. The monoisotopic (exact) mass is 437 g/mol. The average Bonchev–Trinajstić information content (AvgIpc) is 2.81. The van der Waals surface area contributed by atoms with Crippen molar-refractivity contribution in [2.24, 2.45) is 0 Å². The van der Waals surface area contributed by atoms with E-state index in [9.17, 15) is 4.79 Å². The number of aromatic nitrogens is 3. The third-order valence-corrected chi connectivity index (χ3v) is 5.40. The molecule has 6 nitrogen and oxygen atoms in total. The van der Waals surface area contributed by atoms with Crippen LogP contribution in [-0.2, 0) is 5.41 Å². The second-order valence-corrected chi connectivity index (χ2v) is 8.93. The Balaban J connectivity index is 1.59. The lowest BCUT2D eigenvalue weighted by atomic mass is 9.87. The highest BCUT2D eigenvalue weighted by Crippen LogP contribution is 2.29. The van der Waals surface area contributed by atoms with E-state index in [0.29, 0.717) is 11.4 Å².